The number of nitrogens with one attached hydrogen (secondary N) is 2. The van der Waals surface area contributed by atoms with Crippen molar-refractivity contribution >= 4 is 33.2 Å². The van der Waals surface area contributed by atoms with Gasteiger partial charge in [0.05, 0.1) is 11.2 Å². The number of rotatable bonds is 2. The van der Waals surface area contributed by atoms with Crippen LogP contribution in [0.1, 0.15) is 0 Å². The Hall–Kier alpha value is -2.88. The molecule has 0 spiro atoms. The van der Waals surface area contributed by atoms with Gasteiger partial charge in [-0.05, 0) is 30.3 Å². The van der Waals surface area contributed by atoms with Crippen molar-refractivity contribution in [3.05, 3.63) is 60.9 Å². The maximum absolute atomic E-state index is 4.34. The molecule has 96 valence electrons. The number of hydrogen-bond acceptors (Lipinski definition) is 2. The molecule has 0 radical (unpaired) electrons. The van der Waals surface area contributed by atoms with Crippen molar-refractivity contribution in [1.82, 2.24) is 9.97 Å². The first-order valence-electron chi connectivity index (χ1n) is 6.46. The second kappa shape index (κ2) is 4.35. The van der Waals surface area contributed by atoms with Gasteiger partial charge in [-0.2, -0.15) is 5.11 Å². The number of hydrogen-bond donors (Lipinski definition) is 2. The Morgan fingerprint density at radius 2 is 1.65 bits per heavy atom. The molecular weight excluding hydrogens is 248 g/mol. The molecule has 2 heterocycles. The summed E-state index contributed by atoms with van der Waals surface area (Å²) in [6.07, 6.45) is 3.83. The lowest BCUT2D eigenvalue weighted by Gasteiger charge is -1.94. The molecule has 2 aromatic carbocycles. The highest BCUT2D eigenvalue weighted by molar-refractivity contribution is 6.08. The molecule has 2 N–H and O–H groups in total. The van der Waals surface area contributed by atoms with E-state index in [4.69, 9.17) is 0 Å². The molecule has 0 amide bonds. The normalized spacial score (nSPS) is 11.8. The van der Waals surface area contributed by atoms with Crippen LogP contribution < -0.4 is 0 Å². The largest absolute Gasteiger partial charge is 0.361 e. The molecule has 0 saturated carbocycles. The predicted octanol–water partition coefficient (Wildman–Crippen LogP) is 5.06. The monoisotopic (exact) mass is 260 g/mol. The van der Waals surface area contributed by atoms with Crippen molar-refractivity contribution in [2.45, 2.75) is 0 Å². The summed E-state index contributed by atoms with van der Waals surface area (Å²) in [5.74, 6) is 0. The summed E-state index contributed by atoms with van der Waals surface area (Å²) in [7, 11) is 0. The quantitative estimate of drug-likeness (QED) is 0.473. The highest BCUT2D eigenvalue weighted by Crippen LogP contribution is 2.32. The van der Waals surface area contributed by atoms with E-state index in [-0.39, 0.29) is 0 Å². The van der Waals surface area contributed by atoms with Gasteiger partial charge in [0, 0.05) is 28.7 Å². The number of aromatic nitrogens is 2. The average Bonchev–Trinajstić information content (AvgIpc) is 3.12. The van der Waals surface area contributed by atoms with Crippen molar-refractivity contribution in [1.29, 1.82) is 0 Å². The molecule has 0 bridgehead atoms. The second-order valence-corrected chi connectivity index (χ2v) is 4.64. The van der Waals surface area contributed by atoms with E-state index in [1.807, 2.05) is 42.7 Å². The zero-order chi connectivity index (χ0) is 13.4. The van der Waals surface area contributed by atoms with Gasteiger partial charge in [0.1, 0.15) is 5.69 Å². The van der Waals surface area contributed by atoms with Crippen LogP contribution in [0.25, 0.3) is 21.8 Å². The molecule has 0 aliphatic carbocycles. The molecule has 0 aliphatic rings. The average molecular weight is 260 g/mol. The Labute approximate surface area is 115 Å². The molecule has 0 fully saturated rings. The Kier molecular flexibility index (Phi) is 2.39. The van der Waals surface area contributed by atoms with Gasteiger partial charge >= 0.3 is 0 Å². The van der Waals surface area contributed by atoms with Crippen LogP contribution in [0, 0.1) is 0 Å². The van der Waals surface area contributed by atoms with Crippen molar-refractivity contribution in [2.24, 2.45) is 10.2 Å². The Balaban J connectivity index is 1.83. The minimum Gasteiger partial charge on any atom is -0.361 e. The fourth-order valence-electron chi connectivity index (χ4n) is 2.41. The Morgan fingerprint density at radius 3 is 2.55 bits per heavy atom. The first-order valence-corrected chi connectivity index (χ1v) is 6.46. The zero-order valence-electron chi connectivity index (χ0n) is 10.7. The molecule has 4 heteroatoms. The van der Waals surface area contributed by atoms with E-state index in [9.17, 15) is 0 Å². The van der Waals surface area contributed by atoms with E-state index >= 15 is 0 Å². The molecule has 0 unspecified atom stereocenters. The molecule has 4 nitrogen and oxygen atoms in total. The van der Waals surface area contributed by atoms with Crippen molar-refractivity contribution < 1.29 is 0 Å². The summed E-state index contributed by atoms with van der Waals surface area (Å²) in [6.45, 7) is 0. The summed E-state index contributed by atoms with van der Waals surface area (Å²) < 4.78 is 0. The predicted molar refractivity (Wildman–Crippen MR) is 80.8 cm³/mol. The van der Waals surface area contributed by atoms with E-state index in [0.717, 1.165) is 27.8 Å². The Morgan fingerprint density at radius 1 is 0.750 bits per heavy atom. The number of azo groups is 1. The van der Waals surface area contributed by atoms with E-state index in [2.05, 4.69) is 38.4 Å². The van der Waals surface area contributed by atoms with E-state index < -0.39 is 0 Å². The first kappa shape index (κ1) is 11.0. The summed E-state index contributed by atoms with van der Waals surface area (Å²) in [5, 5.41) is 10.9. The molecule has 0 atom stereocenters. The van der Waals surface area contributed by atoms with Gasteiger partial charge in [0.15, 0.2) is 0 Å². The summed E-state index contributed by atoms with van der Waals surface area (Å²) >= 11 is 0. The first-order chi connectivity index (χ1) is 9.92. The molecule has 4 aromatic rings. The van der Waals surface area contributed by atoms with Gasteiger partial charge in [-0.1, -0.05) is 18.2 Å². The highest BCUT2D eigenvalue weighted by Gasteiger charge is 2.06. The van der Waals surface area contributed by atoms with Gasteiger partial charge in [-0.3, -0.25) is 0 Å². The maximum atomic E-state index is 4.34. The number of fused-ring (bicyclic) bond motifs is 3. The van der Waals surface area contributed by atoms with E-state index in [0.29, 0.717) is 0 Å². The van der Waals surface area contributed by atoms with Crippen LogP contribution in [0.15, 0.2) is 71.2 Å². The van der Waals surface area contributed by atoms with Crippen LogP contribution in [-0.2, 0) is 0 Å². The highest BCUT2D eigenvalue weighted by atomic mass is 15.1. The lowest BCUT2D eigenvalue weighted by atomic mass is 10.2. The SMILES string of the molecule is c1ccc(N=Nc2c[nH]c3c2ccc2[nH]ccc23)cc1. The van der Waals surface area contributed by atoms with Gasteiger partial charge in [-0.15, -0.1) is 5.11 Å². The van der Waals surface area contributed by atoms with Gasteiger partial charge in [-0.25, -0.2) is 0 Å². The summed E-state index contributed by atoms with van der Waals surface area (Å²) in [4.78, 5) is 6.48. The number of nitrogens with zero attached hydrogens (tertiary/aromatic N) is 2. The lowest BCUT2D eigenvalue weighted by molar-refractivity contribution is 1.24. The second-order valence-electron chi connectivity index (χ2n) is 4.64. The van der Waals surface area contributed by atoms with Gasteiger partial charge in [0.2, 0.25) is 0 Å². The fraction of sp³-hybridized carbons (Fsp3) is 0. The summed E-state index contributed by atoms with van der Waals surface area (Å²) in [6, 6.07) is 15.9. The van der Waals surface area contributed by atoms with Gasteiger partial charge in [0.25, 0.3) is 0 Å². The molecule has 20 heavy (non-hydrogen) atoms. The number of benzene rings is 2. The zero-order valence-corrected chi connectivity index (χ0v) is 10.7. The molecule has 2 aromatic heterocycles. The van der Waals surface area contributed by atoms with Crippen molar-refractivity contribution in [3.63, 3.8) is 0 Å². The van der Waals surface area contributed by atoms with Crippen LogP contribution in [0.2, 0.25) is 0 Å². The van der Waals surface area contributed by atoms with E-state index in [1.54, 1.807) is 0 Å². The molecule has 0 aliphatic heterocycles. The number of H-pyrrole nitrogens is 2. The van der Waals surface area contributed by atoms with Crippen LogP contribution in [0.5, 0.6) is 0 Å². The van der Waals surface area contributed by atoms with Crippen LogP contribution in [0.4, 0.5) is 11.4 Å². The Bertz CT molecular complexity index is 900. The molecular formula is C16H12N4. The molecule has 0 saturated heterocycles. The summed E-state index contributed by atoms with van der Waals surface area (Å²) in [5.41, 5.74) is 3.91. The number of aromatic amines is 2. The maximum Gasteiger partial charge on any atom is 0.111 e. The fourth-order valence-corrected chi connectivity index (χ4v) is 2.41. The molecule has 4 rings (SSSR count). The van der Waals surface area contributed by atoms with Crippen molar-refractivity contribution in [2.75, 3.05) is 0 Å². The third-order valence-electron chi connectivity index (χ3n) is 3.39. The van der Waals surface area contributed by atoms with Gasteiger partial charge < -0.3 is 9.97 Å². The standard InChI is InChI=1S/C16H12N4/c1-2-4-11(5-3-1)19-20-15-10-18-16-12(15)6-7-14-13(16)8-9-17-14/h1-10,17-18H. The van der Waals surface area contributed by atoms with Crippen LogP contribution in [0.3, 0.4) is 0 Å². The minimum atomic E-state index is 0.851. The van der Waals surface area contributed by atoms with E-state index in [1.165, 1.54) is 5.39 Å². The minimum absolute atomic E-state index is 0.851. The third-order valence-corrected chi connectivity index (χ3v) is 3.39. The third kappa shape index (κ3) is 1.70. The van der Waals surface area contributed by atoms with Crippen molar-refractivity contribution in [3.8, 4) is 0 Å². The van der Waals surface area contributed by atoms with Crippen LogP contribution >= 0.6 is 0 Å². The topological polar surface area (TPSA) is 56.3 Å². The van der Waals surface area contributed by atoms with Crippen LogP contribution in [-0.4, -0.2) is 9.97 Å². The lowest BCUT2D eigenvalue weighted by Crippen LogP contribution is -1.70. The smallest absolute Gasteiger partial charge is 0.111 e.